The molecule has 0 saturated carbocycles. The lowest BCUT2D eigenvalue weighted by atomic mass is 9.97. The summed E-state index contributed by atoms with van der Waals surface area (Å²) in [5, 5.41) is 0. The van der Waals surface area contributed by atoms with Crippen LogP contribution in [0.1, 0.15) is 12.8 Å². The fourth-order valence-corrected chi connectivity index (χ4v) is 1.76. The molecule has 108 valence electrons. The maximum atomic E-state index is 11.8. The summed E-state index contributed by atoms with van der Waals surface area (Å²) in [6.07, 6.45) is -2.77. The number of nitrogens with zero attached hydrogens (tertiary/aromatic N) is 1. The first-order valence-corrected chi connectivity index (χ1v) is 5.54. The highest BCUT2D eigenvalue weighted by Gasteiger charge is 2.28. The van der Waals surface area contributed by atoms with Crippen LogP contribution in [-0.2, 0) is 9.53 Å². The molecule has 0 radical (unpaired) electrons. The number of carbonyl (C=O) groups is 1. The van der Waals surface area contributed by atoms with Crippen LogP contribution in [0, 0.1) is 5.92 Å². The standard InChI is InChI=1S/C10H17F3N2O2.ClH/c11-10(12,13)7-17-6-9(16)15-3-1-8(5-14)2-4-15;/h8H,1-7,14H2;1H. The molecule has 1 fully saturated rings. The number of rotatable bonds is 4. The van der Waals surface area contributed by atoms with E-state index in [2.05, 4.69) is 4.74 Å². The van der Waals surface area contributed by atoms with E-state index in [0.29, 0.717) is 25.6 Å². The van der Waals surface area contributed by atoms with Gasteiger partial charge in [-0.3, -0.25) is 4.79 Å². The van der Waals surface area contributed by atoms with E-state index in [-0.39, 0.29) is 18.3 Å². The minimum absolute atomic E-state index is 0. The number of piperidine rings is 1. The van der Waals surface area contributed by atoms with E-state index in [1.807, 2.05) is 0 Å². The maximum absolute atomic E-state index is 11.8. The Morgan fingerprint density at radius 3 is 2.33 bits per heavy atom. The molecule has 1 aliphatic heterocycles. The summed E-state index contributed by atoms with van der Waals surface area (Å²) in [4.78, 5) is 13.0. The van der Waals surface area contributed by atoms with Crippen LogP contribution >= 0.6 is 12.4 Å². The van der Waals surface area contributed by atoms with E-state index < -0.39 is 19.4 Å². The van der Waals surface area contributed by atoms with E-state index in [0.717, 1.165) is 12.8 Å². The molecule has 0 unspecified atom stereocenters. The SMILES string of the molecule is Cl.NCC1CCN(C(=O)COCC(F)(F)F)CC1. The molecule has 1 amide bonds. The minimum atomic E-state index is -4.38. The first-order valence-electron chi connectivity index (χ1n) is 5.54. The van der Waals surface area contributed by atoms with Gasteiger partial charge >= 0.3 is 6.18 Å². The van der Waals surface area contributed by atoms with E-state index in [9.17, 15) is 18.0 Å². The molecule has 1 aliphatic rings. The molecule has 0 aliphatic carbocycles. The van der Waals surface area contributed by atoms with Gasteiger partial charge < -0.3 is 15.4 Å². The van der Waals surface area contributed by atoms with Crippen LogP contribution in [0.15, 0.2) is 0 Å². The van der Waals surface area contributed by atoms with Gasteiger partial charge in [0.15, 0.2) is 0 Å². The lowest BCUT2D eigenvalue weighted by Crippen LogP contribution is -2.42. The van der Waals surface area contributed by atoms with Crippen molar-refractivity contribution in [1.82, 2.24) is 4.90 Å². The van der Waals surface area contributed by atoms with Gasteiger partial charge in [0.05, 0.1) is 0 Å². The average molecular weight is 291 g/mol. The fourth-order valence-electron chi connectivity index (χ4n) is 1.76. The molecule has 1 saturated heterocycles. The van der Waals surface area contributed by atoms with Crippen molar-refractivity contribution in [3.8, 4) is 0 Å². The number of likely N-dealkylation sites (tertiary alicyclic amines) is 1. The molecule has 0 aromatic rings. The summed E-state index contributed by atoms with van der Waals surface area (Å²) >= 11 is 0. The average Bonchev–Trinajstić information content (AvgIpc) is 2.27. The van der Waals surface area contributed by atoms with Crippen LogP contribution in [-0.4, -0.2) is 49.8 Å². The van der Waals surface area contributed by atoms with Crippen molar-refractivity contribution in [2.45, 2.75) is 19.0 Å². The number of ether oxygens (including phenoxy) is 1. The highest BCUT2D eigenvalue weighted by Crippen LogP contribution is 2.17. The highest BCUT2D eigenvalue weighted by atomic mass is 35.5. The number of alkyl halides is 3. The van der Waals surface area contributed by atoms with Gasteiger partial charge in [0.2, 0.25) is 5.91 Å². The lowest BCUT2D eigenvalue weighted by Gasteiger charge is -2.31. The number of carbonyl (C=O) groups excluding carboxylic acids is 1. The highest BCUT2D eigenvalue weighted by molar-refractivity contribution is 5.85. The van der Waals surface area contributed by atoms with Crippen LogP contribution in [0.25, 0.3) is 0 Å². The fraction of sp³-hybridized carbons (Fsp3) is 0.900. The molecule has 1 heterocycles. The van der Waals surface area contributed by atoms with Crippen LogP contribution in [0.5, 0.6) is 0 Å². The second-order valence-corrected chi connectivity index (χ2v) is 4.17. The predicted octanol–water partition coefficient (Wildman–Crippen LogP) is 1.18. The summed E-state index contributed by atoms with van der Waals surface area (Å²) in [6, 6.07) is 0. The summed E-state index contributed by atoms with van der Waals surface area (Å²) in [6.45, 7) is -0.191. The number of amides is 1. The summed E-state index contributed by atoms with van der Waals surface area (Å²) in [5.74, 6) is 0.0277. The van der Waals surface area contributed by atoms with Crippen LogP contribution in [0.2, 0.25) is 0 Å². The van der Waals surface area contributed by atoms with E-state index in [1.54, 1.807) is 0 Å². The van der Waals surface area contributed by atoms with Crippen LogP contribution in [0.4, 0.5) is 13.2 Å². The van der Waals surface area contributed by atoms with Crippen LogP contribution in [0.3, 0.4) is 0 Å². The Morgan fingerprint density at radius 2 is 1.89 bits per heavy atom. The molecular weight excluding hydrogens is 273 g/mol. The Hall–Kier alpha value is -0.530. The van der Waals surface area contributed by atoms with Gasteiger partial charge in [-0.2, -0.15) is 13.2 Å². The third-order valence-electron chi connectivity index (χ3n) is 2.79. The summed E-state index contributed by atoms with van der Waals surface area (Å²) in [7, 11) is 0. The molecule has 2 N–H and O–H groups in total. The normalized spacial score (nSPS) is 17.4. The molecule has 1 rings (SSSR count). The van der Waals surface area contributed by atoms with Gasteiger partial charge in [0.25, 0.3) is 0 Å². The molecule has 0 spiro atoms. The quantitative estimate of drug-likeness (QED) is 0.846. The Balaban J connectivity index is 0.00000289. The smallest absolute Gasteiger partial charge is 0.362 e. The van der Waals surface area contributed by atoms with Crippen molar-refractivity contribution in [2.24, 2.45) is 11.7 Å². The number of nitrogens with two attached hydrogens (primary N) is 1. The summed E-state index contributed by atoms with van der Waals surface area (Å²) in [5.41, 5.74) is 5.50. The topological polar surface area (TPSA) is 55.6 Å². The minimum Gasteiger partial charge on any atom is -0.362 e. The Labute approximate surface area is 110 Å². The zero-order valence-electron chi connectivity index (χ0n) is 9.91. The molecule has 0 atom stereocenters. The number of halogens is 4. The van der Waals surface area contributed by atoms with Crippen molar-refractivity contribution in [3.63, 3.8) is 0 Å². The first-order chi connectivity index (χ1) is 7.92. The van der Waals surface area contributed by atoms with Crippen molar-refractivity contribution in [3.05, 3.63) is 0 Å². The predicted molar refractivity (Wildman–Crippen MR) is 62.5 cm³/mol. The molecule has 18 heavy (non-hydrogen) atoms. The zero-order chi connectivity index (χ0) is 12.9. The van der Waals surface area contributed by atoms with E-state index in [4.69, 9.17) is 5.73 Å². The van der Waals surface area contributed by atoms with Crippen molar-refractivity contribution >= 4 is 18.3 Å². The van der Waals surface area contributed by atoms with Gasteiger partial charge in [-0.25, -0.2) is 0 Å². The van der Waals surface area contributed by atoms with Gasteiger partial charge in [-0.05, 0) is 25.3 Å². The van der Waals surface area contributed by atoms with Gasteiger partial charge in [0, 0.05) is 13.1 Å². The lowest BCUT2D eigenvalue weighted by molar-refractivity contribution is -0.178. The number of hydrogen-bond donors (Lipinski definition) is 1. The van der Waals surface area contributed by atoms with E-state index in [1.165, 1.54) is 4.90 Å². The summed E-state index contributed by atoms with van der Waals surface area (Å²) < 4.78 is 39.7. The first kappa shape index (κ1) is 17.5. The Kier molecular flexibility index (Phi) is 7.58. The van der Waals surface area contributed by atoms with Gasteiger partial charge in [-0.15, -0.1) is 12.4 Å². The monoisotopic (exact) mass is 290 g/mol. The molecular formula is C10H18ClF3N2O2. The number of hydrogen-bond acceptors (Lipinski definition) is 3. The van der Waals surface area contributed by atoms with Crippen LogP contribution < -0.4 is 5.73 Å². The van der Waals surface area contributed by atoms with E-state index >= 15 is 0 Å². The van der Waals surface area contributed by atoms with Gasteiger partial charge in [0.1, 0.15) is 13.2 Å². The second-order valence-electron chi connectivity index (χ2n) is 4.17. The molecule has 0 aromatic heterocycles. The third-order valence-corrected chi connectivity index (χ3v) is 2.79. The Bertz CT molecular complexity index is 256. The molecule has 0 bridgehead atoms. The largest absolute Gasteiger partial charge is 0.411 e. The molecule has 4 nitrogen and oxygen atoms in total. The van der Waals surface area contributed by atoms with Crippen molar-refractivity contribution < 1.29 is 22.7 Å². The molecule has 0 aromatic carbocycles. The second kappa shape index (κ2) is 7.81. The Morgan fingerprint density at radius 1 is 1.33 bits per heavy atom. The third kappa shape index (κ3) is 6.42. The molecule has 8 heteroatoms. The van der Waals surface area contributed by atoms with Crippen molar-refractivity contribution in [2.75, 3.05) is 32.8 Å². The zero-order valence-corrected chi connectivity index (χ0v) is 10.7. The van der Waals surface area contributed by atoms with Crippen molar-refractivity contribution in [1.29, 1.82) is 0 Å². The maximum Gasteiger partial charge on any atom is 0.411 e. The van der Waals surface area contributed by atoms with Gasteiger partial charge in [-0.1, -0.05) is 0 Å².